The van der Waals surface area contributed by atoms with E-state index in [1.54, 1.807) is 7.11 Å². The zero-order valence-electron chi connectivity index (χ0n) is 13.4. The van der Waals surface area contributed by atoms with E-state index in [-0.39, 0.29) is 5.60 Å². The molecule has 0 amide bonds. The first kappa shape index (κ1) is 17.7. The van der Waals surface area contributed by atoms with E-state index in [1.165, 1.54) is 11.1 Å². The van der Waals surface area contributed by atoms with Crippen molar-refractivity contribution in [1.29, 1.82) is 0 Å². The van der Waals surface area contributed by atoms with Crippen molar-refractivity contribution < 1.29 is 4.74 Å². The van der Waals surface area contributed by atoms with Gasteiger partial charge in [0.15, 0.2) is 0 Å². The molecule has 0 spiro atoms. The zero-order valence-corrected chi connectivity index (χ0v) is 15.0. The number of methoxy groups -OCH3 is 1. The average molecular weight is 342 g/mol. The highest BCUT2D eigenvalue weighted by molar-refractivity contribution is 9.10. The van der Waals surface area contributed by atoms with Gasteiger partial charge in [0, 0.05) is 17.6 Å². The second-order valence-electron chi connectivity index (χ2n) is 6.07. The lowest BCUT2D eigenvalue weighted by Gasteiger charge is -2.27. The summed E-state index contributed by atoms with van der Waals surface area (Å²) in [5, 5.41) is 3.66. The third-order valence-corrected chi connectivity index (χ3v) is 4.15. The minimum Gasteiger partial charge on any atom is -0.379 e. The van der Waals surface area contributed by atoms with E-state index >= 15 is 0 Å². The van der Waals surface area contributed by atoms with Crippen molar-refractivity contribution in [3.05, 3.63) is 33.8 Å². The smallest absolute Gasteiger partial charge is 0.0623 e. The summed E-state index contributed by atoms with van der Waals surface area (Å²) in [6, 6.07) is 7.04. The molecule has 1 rings (SSSR count). The molecule has 1 aromatic carbocycles. The van der Waals surface area contributed by atoms with Crippen molar-refractivity contribution in [2.24, 2.45) is 0 Å². The van der Waals surface area contributed by atoms with Crippen LogP contribution in [0.1, 0.15) is 57.2 Å². The Kier molecular flexibility index (Phi) is 7.21. The van der Waals surface area contributed by atoms with E-state index in [9.17, 15) is 0 Å². The van der Waals surface area contributed by atoms with Gasteiger partial charge in [0.2, 0.25) is 0 Å². The Labute approximate surface area is 132 Å². The number of aryl methyl sites for hydroxylation is 1. The SMILES string of the molecule is CCCNC(CCC(C)(C)OC)c1cc(C)cc(Br)c1. The van der Waals surface area contributed by atoms with Gasteiger partial charge in [-0.15, -0.1) is 0 Å². The van der Waals surface area contributed by atoms with Crippen LogP contribution < -0.4 is 5.32 Å². The summed E-state index contributed by atoms with van der Waals surface area (Å²) >= 11 is 3.60. The van der Waals surface area contributed by atoms with Crippen molar-refractivity contribution in [2.45, 2.75) is 58.6 Å². The van der Waals surface area contributed by atoms with Crippen LogP contribution in [-0.4, -0.2) is 19.3 Å². The Morgan fingerprint density at radius 2 is 2.00 bits per heavy atom. The van der Waals surface area contributed by atoms with Gasteiger partial charge >= 0.3 is 0 Å². The minimum atomic E-state index is -0.0623. The summed E-state index contributed by atoms with van der Waals surface area (Å²) in [5.41, 5.74) is 2.59. The highest BCUT2D eigenvalue weighted by atomic mass is 79.9. The van der Waals surface area contributed by atoms with Gasteiger partial charge in [-0.3, -0.25) is 0 Å². The maximum absolute atomic E-state index is 5.54. The Bertz CT molecular complexity index is 397. The Balaban J connectivity index is 2.82. The molecule has 0 aliphatic carbocycles. The summed E-state index contributed by atoms with van der Waals surface area (Å²) in [6.45, 7) is 9.69. The molecule has 1 N–H and O–H groups in total. The van der Waals surface area contributed by atoms with Crippen LogP contribution in [-0.2, 0) is 4.74 Å². The summed E-state index contributed by atoms with van der Waals surface area (Å²) in [5.74, 6) is 0. The van der Waals surface area contributed by atoms with Crippen molar-refractivity contribution >= 4 is 15.9 Å². The molecule has 1 aromatic rings. The predicted molar refractivity (Wildman–Crippen MR) is 90.2 cm³/mol. The van der Waals surface area contributed by atoms with Gasteiger partial charge in [0.25, 0.3) is 0 Å². The molecule has 2 nitrogen and oxygen atoms in total. The van der Waals surface area contributed by atoms with E-state index in [1.807, 2.05) is 0 Å². The first-order valence-corrected chi connectivity index (χ1v) is 8.23. The normalized spacial score (nSPS) is 13.5. The first-order valence-electron chi connectivity index (χ1n) is 7.43. The molecule has 114 valence electrons. The lowest BCUT2D eigenvalue weighted by molar-refractivity contribution is 0.0117. The van der Waals surface area contributed by atoms with Crippen LogP contribution in [0.4, 0.5) is 0 Å². The van der Waals surface area contributed by atoms with Crippen molar-refractivity contribution in [3.63, 3.8) is 0 Å². The second kappa shape index (κ2) is 8.16. The van der Waals surface area contributed by atoms with Gasteiger partial charge in [-0.05, 0) is 69.8 Å². The first-order chi connectivity index (χ1) is 9.38. The largest absolute Gasteiger partial charge is 0.379 e. The van der Waals surface area contributed by atoms with Crippen molar-refractivity contribution in [3.8, 4) is 0 Å². The summed E-state index contributed by atoms with van der Waals surface area (Å²) < 4.78 is 6.69. The number of hydrogen-bond acceptors (Lipinski definition) is 2. The highest BCUT2D eigenvalue weighted by Gasteiger charge is 2.20. The Morgan fingerprint density at radius 3 is 2.55 bits per heavy atom. The molecule has 0 aromatic heterocycles. The number of hydrogen-bond donors (Lipinski definition) is 1. The molecule has 0 bridgehead atoms. The molecule has 0 fully saturated rings. The monoisotopic (exact) mass is 341 g/mol. The lowest BCUT2D eigenvalue weighted by atomic mass is 9.94. The quantitative estimate of drug-likeness (QED) is 0.717. The maximum atomic E-state index is 5.54. The number of ether oxygens (including phenoxy) is 1. The molecule has 1 unspecified atom stereocenters. The van der Waals surface area contributed by atoms with Crippen LogP contribution in [0.15, 0.2) is 22.7 Å². The Hall–Kier alpha value is -0.380. The topological polar surface area (TPSA) is 21.3 Å². The van der Waals surface area contributed by atoms with E-state index < -0.39 is 0 Å². The van der Waals surface area contributed by atoms with Crippen LogP contribution in [0.5, 0.6) is 0 Å². The maximum Gasteiger partial charge on any atom is 0.0623 e. The zero-order chi connectivity index (χ0) is 15.2. The third-order valence-electron chi connectivity index (χ3n) is 3.70. The molecule has 0 aliphatic rings. The fourth-order valence-corrected chi connectivity index (χ4v) is 2.89. The molecule has 3 heteroatoms. The molecule has 20 heavy (non-hydrogen) atoms. The molecule has 0 heterocycles. The number of nitrogens with one attached hydrogen (secondary N) is 1. The molecule has 0 saturated heterocycles. The summed E-state index contributed by atoms with van der Waals surface area (Å²) in [7, 11) is 1.79. The van der Waals surface area contributed by atoms with E-state index in [0.717, 1.165) is 30.3 Å². The Morgan fingerprint density at radius 1 is 1.30 bits per heavy atom. The van der Waals surface area contributed by atoms with Gasteiger partial charge in [-0.2, -0.15) is 0 Å². The molecular weight excluding hydrogens is 314 g/mol. The number of benzene rings is 1. The lowest BCUT2D eigenvalue weighted by Crippen LogP contribution is -2.28. The third kappa shape index (κ3) is 5.94. The van der Waals surface area contributed by atoms with E-state index in [4.69, 9.17) is 4.74 Å². The predicted octanol–water partition coefficient (Wildman–Crippen LogP) is 5.00. The summed E-state index contributed by atoms with van der Waals surface area (Å²) in [4.78, 5) is 0. The van der Waals surface area contributed by atoms with Crippen molar-refractivity contribution in [1.82, 2.24) is 5.32 Å². The molecule has 0 radical (unpaired) electrons. The average Bonchev–Trinajstić information content (AvgIpc) is 2.37. The fourth-order valence-electron chi connectivity index (χ4n) is 2.26. The van der Waals surface area contributed by atoms with Gasteiger partial charge in [-0.25, -0.2) is 0 Å². The van der Waals surface area contributed by atoms with Crippen LogP contribution >= 0.6 is 15.9 Å². The number of rotatable bonds is 8. The van der Waals surface area contributed by atoms with Gasteiger partial charge in [0.05, 0.1) is 5.60 Å². The molecule has 0 aliphatic heterocycles. The van der Waals surface area contributed by atoms with Crippen LogP contribution in [0, 0.1) is 6.92 Å². The van der Waals surface area contributed by atoms with Crippen LogP contribution in [0.3, 0.4) is 0 Å². The van der Waals surface area contributed by atoms with Gasteiger partial charge in [-0.1, -0.05) is 28.9 Å². The minimum absolute atomic E-state index is 0.0623. The summed E-state index contributed by atoms with van der Waals surface area (Å²) in [6.07, 6.45) is 3.27. The number of halogens is 1. The molecule has 0 saturated carbocycles. The fraction of sp³-hybridized carbons (Fsp3) is 0.647. The van der Waals surface area contributed by atoms with Crippen molar-refractivity contribution in [2.75, 3.05) is 13.7 Å². The van der Waals surface area contributed by atoms with Crippen LogP contribution in [0.2, 0.25) is 0 Å². The van der Waals surface area contributed by atoms with E-state index in [0.29, 0.717) is 6.04 Å². The standard InChI is InChI=1S/C17H28BrNO/c1-6-9-19-16(7-8-17(3,4)20-5)14-10-13(2)11-15(18)12-14/h10-12,16,19H,6-9H2,1-5H3. The molecular formula is C17H28BrNO. The van der Waals surface area contributed by atoms with Gasteiger partial charge < -0.3 is 10.1 Å². The highest BCUT2D eigenvalue weighted by Crippen LogP contribution is 2.27. The van der Waals surface area contributed by atoms with E-state index in [2.05, 4.69) is 67.1 Å². The molecule has 1 atom stereocenters. The van der Waals surface area contributed by atoms with Crippen LogP contribution in [0.25, 0.3) is 0 Å². The van der Waals surface area contributed by atoms with Gasteiger partial charge in [0.1, 0.15) is 0 Å². The second-order valence-corrected chi connectivity index (χ2v) is 6.99.